The fraction of sp³-hybridized carbons (Fsp3) is 0.122. The Hall–Kier alpha value is -5.04. The molecule has 0 radical (unpaired) electrons. The van der Waals surface area contributed by atoms with E-state index in [9.17, 15) is 0 Å². The molecule has 2 unspecified atom stereocenters. The Kier molecular flexibility index (Phi) is 5.76. The number of nitrogens with one attached hydrogen (secondary N) is 1. The largest absolute Gasteiger partial charge is 0.455 e. The first kappa shape index (κ1) is 27.1. The maximum absolute atomic E-state index is 6.53. The average molecular weight is 644 g/mol. The van der Waals surface area contributed by atoms with E-state index in [0.717, 1.165) is 56.7 Å². The Bertz CT molecular complexity index is 2690. The molecule has 3 aromatic heterocycles. The minimum atomic E-state index is -0.892. The third kappa shape index (κ3) is 3.98. The molecule has 0 saturated carbocycles. The molecule has 47 heavy (non-hydrogen) atoms. The quantitative estimate of drug-likeness (QED) is 0.208. The van der Waals surface area contributed by atoms with Gasteiger partial charge in [-0.15, -0.1) is 22.7 Å². The van der Waals surface area contributed by atoms with Crippen LogP contribution in [-0.2, 0) is 5.66 Å². The van der Waals surface area contributed by atoms with Crippen LogP contribution in [0.2, 0.25) is 0 Å². The van der Waals surface area contributed by atoms with Crippen LogP contribution in [0.5, 0.6) is 0 Å². The van der Waals surface area contributed by atoms with Gasteiger partial charge in [-0.05, 0) is 60.6 Å². The molecular weight excluding hydrogens is 615 g/mol. The second-order valence-electron chi connectivity index (χ2n) is 12.7. The number of para-hydroxylation sites is 2. The van der Waals surface area contributed by atoms with Gasteiger partial charge in [-0.2, -0.15) is 0 Å². The van der Waals surface area contributed by atoms with Crippen LogP contribution in [0.1, 0.15) is 53.3 Å². The molecule has 6 heteroatoms. The molecule has 4 heterocycles. The lowest BCUT2D eigenvalue weighted by molar-refractivity contribution is 0.523. The lowest BCUT2D eigenvalue weighted by atomic mass is 9.90. The smallest absolute Gasteiger partial charge is 0.178 e. The summed E-state index contributed by atoms with van der Waals surface area (Å²) >= 11 is 3.68. The van der Waals surface area contributed by atoms with E-state index >= 15 is 0 Å². The minimum absolute atomic E-state index is 0.485. The van der Waals surface area contributed by atoms with E-state index in [-0.39, 0.29) is 0 Å². The SMILES string of the molecule is CC1CC=Cc2sc3c(C4=NC(C)(c5cccc6c5sc5ccccc56)N=C(c5cccc6c5oc5ccccc56)N4)cccc3c21. The van der Waals surface area contributed by atoms with Gasteiger partial charge in [0.2, 0.25) is 0 Å². The molecule has 1 aliphatic carbocycles. The predicted molar refractivity (Wildman–Crippen MR) is 201 cm³/mol. The van der Waals surface area contributed by atoms with Gasteiger partial charge in [0.15, 0.2) is 5.66 Å². The number of benzene rings is 5. The monoisotopic (exact) mass is 643 g/mol. The molecular formula is C41H29N3OS2. The van der Waals surface area contributed by atoms with E-state index in [1.54, 1.807) is 0 Å². The van der Waals surface area contributed by atoms with Crippen molar-refractivity contribution >= 4 is 92.6 Å². The molecule has 2 atom stereocenters. The van der Waals surface area contributed by atoms with Crippen LogP contribution < -0.4 is 5.32 Å². The fourth-order valence-corrected chi connectivity index (χ4v) is 10.2. The molecule has 1 aliphatic heterocycles. The van der Waals surface area contributed by atoms with E-state index in [1.165, 1.54) is 40.7 Å². The van der Waals surface area contributed by atoms with Crippen molar-refractivity contribution in [3.8, 4) is 0 Å². The molecule has 0 bridgehead atoms. The van der Waals surface area contributed by atoms with Crippen molar-refractivity contribution in [2.75, 3.05) is 0 Å². The highest BCUT2D eigenvalue weighted by Crippen LogP contribution is 2.45. The summed E-state index contributed by atoms with van der Waals surface area (Å²) < 4.78 is 10.3. The number of aliphatic imine (C=N–C) groups is 2. The highest BCUT2D eigenvalue weighted by molar-refractivity contribution is 7.26. The highest BCUT2D eigenvalue weighted by Gasteiger charge is 2.35. The summed E-state index contributed by atoms with van der Waals surface area (Å²) in [6.45, 7) is 4.48. The van der Waals surface area contributed by atoms with Crippen molar-refractivity contribution in [3.05, 3.63) is 136 Å². The number of hydrogen-bond donors (Lipinski definition) is 1. The van der Waals surface area contributed by atoms with E-state index in [0.29, 0.717) is 5.92 Å². The van der Waals surface area contributed by atoms with Crippen LogP contribution >= 0.6 is 22.7 Å². The first-order chi connectivity index (χ1) is 23.1. The van der Waals surface area contributed by atoms with Crippen molar-refractivity contribution in [2.45, 2.75) is 31.8 Å². The molecule has 1 N–H and O–H groups in total. The zero-order chi connectivity index (χ0) is 31.3. The molecule has 4 nitrogen and oxygen atoms in total. The minimum Gasteiger partial charge on any atom is -0.455 e. The molecule has 0 fully saturated rings. The van der Waals surface area contributed by atoms with Gasteiger partial charge in [-0.1, -0.05) is 91.9 Å². The van der Waals surface area contributed by atoms with E-state index in [1.807, 2.05) is 34.8 Å². The maximum atomic E-state index is 6.53. The topological polar surface area (TPSA) is 49.9 Å². The maximum Gasteiger partial charge on any atom is 0.178 e. The summed E-state index contributed by atoms with van der Waals surface area (Å²) in [6, 6.07) is 36.4. The van der Waals surface area contributed by atoms with Crippen LogP contribution in [0.3, 0.4) is 0 Å². The number of thiophene rings is 2. The number of rotatable bonds is 3. The Morgan fingerprint density at radius 3 is 2.30 bits per heavy atom. The molecule has 226 valence electrons. The normalized spacial score (nSPS) is 19.4. The Balaban J connectivity index is 1.24. The number of amidine groups is 2. The lowest BCUT2D eigenvalue weighted by Gasteiger charge is -2.30. The van der Waals surface area contributed by atoms with Crippen LogP contribution in [0.4, 0.5) is 0 Å². The van der Waals surface area contributed by atoms with Crippen molar-refractivity contribution in [3.63, 3.8) is 0 Å². The molecule has 5 aromatic carbocycles. The van der Waals surface area contributed by atoms with Gasteiger partial charge >= 0.3 is 0 Å². The van der Waals surface area contributed by atoms with Gasteiger partial charge in [0, 0.05) is 51.6 Å². The molecule has 0 amide bonds. The summed E-state index contributed by atoms with van der Waals surface area (Å²) in [4.78, 5) is 12.4. The third-order valence-corrected chi connectivity index (χ3v) is 12.2. The van der Waals surface area contributed by atoms with E-state index < -0.39 is 5.66 Å². The van der Waals surface area contributed by atoms with Gasteiger partial charge in [-0.3, -0.25) is 0 Å². The predicted octanol–water partition coefficient (Wildman–Crippen LogP) is 11.4. The number of allylic oxidation sites excluding steroid dienone is 1. The summed E-state index contributed by atoms with van der Waals surface area (Å²) in [7, 11) is 0. The summed E-state index contributed by atoms with van der Waals surface area (Å²) in [5.41, 5.74) is 5.37. The van der Waals surface area contributed by atoms with Gasteiger partial charge in [0.05, 0.1) is 5.56 Å². The van der Waals surface area contributed by atoms with Crippen LogP contribution in [0.15, 0.2) is 124 Å². The van der Waals surface area contributed by atoms with Gasteiger partial charge in [0.1, 0.15) is 22.8 Å². The molecule has 10 rings (SSSR count). The Morgan fingerprint density at radius 2 is 1.40 bits per heavy atom. The fourth-order valence-electron chi connectivity index (χ4n) is 7.53. The van der Waals surface area contributed by atoms with Crippen molar-refractivity contribution in [1.82, 2.24) is 5.32 Å². The van der Waals surface area contributed by atoms with Crippen LogP contribution in [-0.4, -0.2) is 11.7 Å². The summed E-state index contributed by atoms with van der Waals surface area (Å²) in [5.74, 6) is 2.07. The van der Waals surface area contributed by atoms with Gasteiger partial charge < -0.3 is 9.73 Å². The Morgan fingerprint density at radius 1 is 0.702 bits per heavy atom. The number of furan rings is 1. The Labute approximate surface area is 279 Å². The highest BCUT2D eigenvalue weighted by atomic mass is 32.1. The van der Waals surface area contributed by atoms with Crippen LogP contribution in [0.25, 0.3) is 58.3 Å². The second kappa shape index (κ2) is 9.98. The lowest BCUT2D eigenvalue weighted by Crippen LogP contribution is -2.41. The average Bonchev–Trinajstić information content (AvgIpc) is 3.79. The third-order valence-electron chi connectivity index (χ3n) is 9.76. The zero-order valence-electron chi connectivity index (χ0n) is 25.9. The molecule has 0 saturated heterocycles. The standard InChI is InChI=1S/C41H29N3OS2/c1-23-11-7-22-34-35(23)28-16-9-18-30(37(28)47-34)40-42-39(29-17-8-14-26-24-12-3-5-20-32(24)45-36(26)29)43-41(2,44-40)31-19-10-15-27-25-13-4-6-21-33(25)46-38(27)31/h3-10,12-23H,11H2,1-2H3,(H,42,43,44). The molecule has 2 aliphatic rings. The van der Waals surface area contributed by atoms with Crippen LogP contribution in [0, 0.1) is 0 Å². The van der Waals surface area contributed by atoms with Crippen molar-refractivity contribution in [2.24, 2.45) is 9.98 Å². The number of hydrogen-bond acceptors (Lipinski definition) is 6. The van der Waals surface area contributed by atoms with Gasteiger partial charge in [0.25, 0.3) is 0 Å². The van der Waals surface area contributed by atoms with Crippen molar-refractivity contribution in [1.29, 1.82) is 0 Å². The second-order valence-corrected chi connectivity index (χ2v) is 14.8. The van der Waals surface area contributed by atoms with Crippen molar-refractivity contribution < 1.29 is 4.42 Å². The zero-order valence-corrected chi connectivity index (χ0v) is 27.5. The molecule has 0 spiro atoms. The first-order valence-corrected chi connectivity index (χ1v) is 17.7. The molecule has 8 aromatic rings. The number of fused-ring (bicyclic) bond motifs is 9. The number of nitrogens with zero attached hydrogens (tertiary/aromatic N) is 2. The van der Waals surface area contributed by atoms with E-state index in [2.05, 4.69) is 122 Å². The summed E-state index contributed by atoms with van der Waals surface area (Å²) in [5, 5.41) is 9.74. The summed E-state index contributed by atoms with van der Waals surface area (Å²) in [6.07, 6.45) is 5.67. The van der Waals surface area contributed by atoms with E-state index in [4.69, 9.17) is 14.4 Å². The van der Waals surface area contributed by atoms with Gasteiger partial charge in [-0.25, -0.2) is 9.98 Å². The first-order valence-electron chi connectivity index (χ1n) is 16.1.